The Morgan fingerprint density at radius 3 is 2.79 bits per heavy atom. The lowest BCUT2D eigenvalue weighted by Gasteiger charge is -2.08. The molecule has 0 aliphatic carbocycles. The van der Waals surface area contributed by atoms with Crippen molar-refractivity contribution in [1.82, 2.24) is 9.97 Å². The second-order valence-corrected chi connectivity index (χ2v) is 4.84. The summed E-state index contributed by atoms with van der Waals surface area (Å²) in [6.07, 6.45) is -2.45. The summed E-state index contributed by atoms with van der Waals surface area (Å²) in [6.45, 7) is 2.47. The summed E-state index contributed by atoms with van der Waals surface area (Å²) in [4.78, 5) is 8.33. The molecule has 0 unspecified atom stereocenters. The topological polar surface area (TPSA) is 37.8 Å². The molecule has 0 bridgehead atoms. The van der Waals surface area contributed by atoms with Gasteiger partial charge in [0.25, 0.3) is 0 Å². The van der Waals surface area contributed by atoms with Gasteiger partial charge in [0.15, 0.2) is 0 Å². The van der Waals surface area contributed by atoms with E-state index < -0.39 is 11.9 Å². The Labute approximate surface area is 112 Å². The zero-order valence-corrected chi connectivity index (χ0v) is 11.0. The number of thiophene rings is 1. The Morgan fingerprint density at radius 1 is 1.32 bits per heavy atom. The first kappa shape index (κ1) is 13.8. The molecule has 2 heterocycles. The largest absolute Gasteiger partial charge is 0.433 e. The van der Waals surface area contributed by atoms with Crippen LogP contribution in [0.1, 0.15) is 23.1 Å². The molecule has 0 atom stereocenters. The first-order chi connectivity index (χ1) is 9.00. The minimum Gasteiger partial charge on any atom is -0.349 e. The van der Waals surface area contributed by atoms with E-state index in [1.807, 2.05) is 18.4 Å². The van der Waals surface area contributed by atoms with Gasteiger partial charge in [-0.2, -0.15) is 13.2 Å². The molecule has 0 amide bonds. The summed E-state index contributed by atoms with van der Waals surface area (Å²) in [5.41, 5.74) is 0.247. The highest BCUT2D eigenvalue weighted by Crippen LogP contribution is 2.27. The summed E-state index contributed by atoms with van der Waals surface area (Å²) in [5, 5.41) is 4.78. The lowest BCUT2D eigenvalue weighted by molar-refractivity contribution is -0.141. The van der Waals surface area contributed by atoms with Crippen molar-refractivity contribution in [3.05, 3.63) is 39.8 Å². The lowest BCUT2D eigenvalue weighted by Crippen LogP contribution is -2.11. The quantitative estimate of drug-likeness (QED) is 0.931. The molecule has 0 saturated heterocycles. The monoisotopic (exact) mass is 287 g/mol. The van der Waals surface area contributed by atoms with Crippen LogP contribution in [0.4, 0.5) is 19.1 Å². The number of aryl methyl sites for hydroxylation is 1. The predicted molar refractivity (Wildman–Crippen MR) is 68.1 cm³/mol. The molecule has 1 N–H and O–H groups in total. The van der Waals surface area contributed by atoms with Crippen LogP contribution in [0.25, 0.3) is 0 Å². The van der Waals surface area contributed by atoms with Crippen molar-refractivity contribution in [2.75, 3.05) is 5.32 Å². The summed E-state index contributed by atoms with van der Waals surface area (Å²) in [5.74, 6) is -0.00900. The Morgan fingerprint density at radius 2 is 2.11 bits per heavy atom. The molecule has 0 radical (unpaired) electrons. The van der Waals surface area contributed by atoms with Crippen molar-refractivity contribution >= 4 is 17.3 Å². The number of anilines is 1. The molecule has 0 aliphatic heterocycles. The average molecular weight is 287 g/mol. The zero-order chi connectivity index (χ0) is 13.9. The van der Waals surface area contributed by atoms with Crippen molar-refractivity contribution in [2.24, 2.45) is 0 Å². The van der Waals surface area contributed by atoms with Gasteiger partial charge in [0.2, 0.25) is 5.95 Å². The van der Waals surface area contributed by atoms with Crippen molar-refractivity contribution in [3.63, 3.8) is 0 Å². The average Bonchev–Trinajstić information content (AvgIpc) is 2.83. The van der Waals surface area contributed by atoms with Gasteiger partial charge >= 0.3 is 6.18 Å². The van der Waals surface area contributed by atoms with Crippen molar-refractivity contribution in [3.8, 4) is 0 Å². The molecular formula is C12H12F3N3S. The number of nitrogens with one attached hydrogen (secondary N) is 1. The van der Waals surface area contributed by atoms with Gasteiger partial charge in [-0.15, -0.1) is 11.3 Å². The van der Waals surface area contributed by atoms with E-state index in [9.17, 15) is 13.2 Å². The number of alkyl halides is 3. The minimum absolute atomic E-state index is 0.00900. The maximum atomic E-state index is 12.5. The smallest absolute Gasteiger partial charge is 0.349 e. The first-order valence-electron chi connectivity index (χ1n) is 5.70. The van der Waals surface area contributed by atoms with E-state index in [-0.39, 0.29) is 5.95 Å². The standard InChI is InChI=1S/C12H12F3N3S/c1-2-8-4-6-19-9(8)7-17-11-16-5-3-10(18-11)12(13,14)15/h3-6H,2,7H2,1H3,(H,16,17,18). The molecule has 7 heteroatoms. The Hall–Kier alpha value is -1.63. The van der Waals surface area contributed by atoms with Crippen LogP contribution in [-0.2, 0) is 19.1 Å². The molecule has 2 rings (SSSR count). The fourth-order valence-electron chi connectivity index (χ4n) is 1.60. The van der Waals surface area contributed by atoms with E-state index in [2.05, 4.69) is 15.3 Å². The fourth-order valence-corrected chi connectivity index (χ4v) is 2.51. The lowest BCUT2D eigenvalue weighted by atomic mass is 10.2. The van der Waals surface area contributed by atoms with Gasteiger partial charge in [-0.25, -0.2) is 9.97 Å². The van der Waals surface area contributed by atoms with Crippen LogP contribution in [0.3, 0.4) is 0 Å². The summed E-state index contributed by atoms with van der Waals surface area (Å²) in [6, 6.07) is 2.86. The van der Waals surface area contributed by atoms with E-state index in [0.29, 0.717) is 6.54 Å². The molecule has 0 spiro atoms. The van der Waals surface area contributed by atoms with Crippen LogP contribution in [0.15, 0.2) is 23.7 Å². The maximum Gasteiger partial charge on any atom is 0.433 e. The molecule has 0 aliphatic rings. The van der Waals surface area contributed by atoms with Crippen LogP contribution >= 0.6 is 11.3 Å². The van der Waals surface area contributed by atoms with Crippen LogP contribution in [-0.4, -0.2) is 9.97 Å². The maximum absolute atomic E-state index is 12.5. The first-order valence-corrected chi connectivity index (χ1v) is 6.58. The van der Waals surface area contributed by atoms with E-state index >= 15 is 0 Å². The third kappa shape index (κ3) is 3.44. The van der Waals surface area contributed by atoms with Crippen LogP contribution in [0, 0.1) is 0 Å². The van der Waals surface area contributed by atoms with E-state index in [1.54, 1.807) is 11.3 Å². The number of hydrogen-bond donors (Lipinski definition) is 1. The summed E-state index contributed by atoms with van der Waals surface area (Å²) < 4.78 is 37.5. The highest BCUT2D eigenvalue weighted by molar-refractivity contribution is 7.10. The Kier molecular flexibility index (Phi) is 4.04. The molecule has 102 valence electrons. The molecule has 3 nitrogen and oxygen atoms in total. The van der Waals surface area contributed by atoms with Crippen LogP contribution < -0.4 is 5.32 Å². The van der Waals surface area contributed by atoms with E-state index in [0.717, 1.165) is 23.6 Å². The number of aromatic nitrogens is 2. The zero-order valence-electron chi connectivity index (χ0n) is 10.2. The molecular weight excluding hydrogens is 275 g/mol. The fraction of sp³-hybridized carbons (Fsp3) is 0.333. The number of nitrogens with zero attached hydrogens (tertiary/aromatic N) is 2. The van der Waals surface area contributed by atoms with Crippen LogP contribution in [0.5, 0.6) is 0 Å². The third-order valence-corrected chi connectivity index (χ3v) is 3.53. The van der Waals surface area contributed by atoms with Gasteiger partial charge in [-0.1, -0.05) is 6.92 Å². The number of hydrogen-bond acceptors (Lipinski definition) is 4. The normalized spacial score (nSPS) is 11.6. The second kappa shape index (κ2) is 5.56. The van der Waals surface area contributed by atoms with Crippen molar-refractivity contribution in [2.45, 2.75) is 26.1 Å². The van der Waals surface area contributed by atoms with Gasteiger partial charge in [-0.3, -0.25) is 0 Å². The highest BCUT2D eigenvalue weighted by Gasteiger charge is 2.32. The van der Waals surface area contributed by atoms with Crippen molar-refractivity contribution in [1.29, 1.82) is 0 Å². The molecule has 0 aromatic carbocycles. The van der Waals surface area contributed by atoms with E-state index in [1.165, 1.54) is 5.56 Å². The van der Waals surface area contributed by atoms with Gasteiger partial charge < -0.3 is 5.32 Å². The Balaban J connectivity index is 2.08. The van der Waals surface area contributed by atoms with Gasteiger partial charge in [0, 0.05) is 11.1 Å². The Bertz CT molecular complexity index is 551. The minimum atomic E-state index is -4.45. The molecule has 2 aromatic heterocycles. The van der Waals surface area contributed by atoms with Crippen LogP contribution in [0.2, 0.25) is 0 Å². The summed E-state index contributed by atoms with van der Waals surface area (Å²) in [7, 11) is 0. The molecule has 0 saturated carbocycles. The second-order valence-electron chi connectivity index (χ2n) is 3.84. The number of halogens is 3. The van der Waals surface area contributed by atoms with Gasteiger partial charge in [0.1, 0.15) is 5.69 Å². The molecule has 19 heavy (non-hydrogen) atoms. The van der Waals surface area contributed by atoms with Gasteiger partial charge in [0.05, 0.1) is 6.54 Å². The number of rotatable bonds is 4. The SMILES string of the molecule is CCc1ccsc1CNc1nccc(C(F)(F)F)n1. The molecule has 2 aromatic rings. The molecule has 0 fully saturated rings. The van der Waals surface area contributed by atoms with E-state index in [4.69, 9.17) is 0 Å². The highest BCUT2D eigenvalue weighted by atomic mass is 32.1. The predicted octanol–water partition coefficient (Wildman–Crippen LogP) is 3.73. The summed E-state index contributed by atoms with van der Waals surface area (Å²) >= 11 is 1.56. The third-order valence-electron chi connectivity index (χ3n) is 2.57. The van der Waals surface area contributed by atoms with Gasteiger partial charge in [-0.05, 0) is 29.5 Å². The van der Waals surface area contributed by atoms with Crippen molar-refractivity contribution < 1.29 is 13.2 Å².